The van der Waals surface area contributed by atoms with Gasteiger partial charge in [-0.05, 0) is 21.8 Å². The normalized spacial score (nSPS) is 11.0. The quantitative estimate of drug-likeness (QED) is 0.875. The van der Waals surface area contributed by atoms with E-state index in [0.29, 0.717) is 17.5 Å². The molecule has 0 bridgehead atoms. The van der Waals surface area contributed by atoms with Crippen LogP contribution in [0.1, 0.15) is 25.5 Å². The molecule has 7 heteroatoms. The van der Waals surface area contributed by atoms with Crippen LogP contribution >= 0.6 is 15.9 Å². The number of hydrogen-bond donors (Lipinski definition) is 2. The van der Waals surface area contributed by atoms with Gasteiger partial charge < -0.3 is 5.73 Å². The molecule has 3 N–H and O–H groups in total. The summed E-state index contributed by atoms with van der Waals surface area (Å²) in [6, 6.07) is 0. The van der Waals surface area contributed by atoms with Gasteiger partial charge in [0.05, 0.1) is 10.2 Å². The summed E-state index contributed by atoms with van der Waals surface area (Å²) in [5, 5.41) is 6.47. The Morgan fingerprint density at radius 1 is 1.38 bits per heavy atom. The molecule has 0 unspecified atom stereocenters. The molecule has 0 fully saturated rings. The Balaban J connectivity index is 2.57. The summed E-state index contributed by atoms with van der Waals surface area (Å²) in [4.78, 5) is 12.5. The van der Waals surface area contributed by atoms with Gasteiger partial charge in [0.15, 0.2) is 11.6 Å². The van der Waals surface area contributed by atoms with Gasteiger partial charge in [0, 0.05) is 0 Å². The van der Waals surface area contributed by atoms with Crippen molar-refractivity contribution in [1.82, 2.24) is 25.1 Å². The van der Waals surface area contributed by atoms with Gasteiger partial charge in [0.25, 0.3) is 0 Å². The topological polar surface area (TPSA) is 93.4 Å². The van der Waals surface area contributed by atoms with Gasteiger partial charge in [-0.15, -0.1) is 0 Å². The smallest absolute Gasteiger partial charge is 0.199 e. The van der Waals surface area contributed by atoms with Crippen LogP contribution in [0.15, 0.2) is 10.8 Å². The fourth-order valence-corrected chi connectivity index (χ4v) is 1.92. The first-order chi connectivity index (χ1) is 7.59. The summed E-state index contributed by atoms with van der Waals surface area (Å²) in [6.07, 6.45) is 1.41. The largest absolute Gasteiger partial charge is 0.383 e. The van der Waals surface area contributed by atoms with E-state index >= 15 is 0 Å². The summed E-state index contributed by atoms with van der Waals surface area (Å²) < 4.78 is 0.741. The molecule has 84 valence electrons. The van der Waals surface area contributed by atoms with Crippen LogP contribution in [0.2, 0.25) is 0 Å². The Kier molecular flexibility index (Phi) is 2.86. The Hall–Kier alpha value is -1.50. The van der Waals surface area contributed by atoms with Gasteiger partial charge in [-0.2, -0.15) is 5.10 Å². The van der Waals surface area contributed by atoms with Crippen molar-refractivity contribution in [3.63, 3.8) is 0 Å². The Morgan fingerprint density at radius 2 is 2.12 bits per heavy atom. The van der Waals surface area contributed by atoms with Crippen molar-refractivity contribution < 1.29 is 0 Å². The molecule has 0 atom stereocenters. The molecule has 2 rings (SSSR count). The van der Waals surface area contributed by atoms with Crippen molar-refractivity contribution in [2.75, 3.05) is 5.73 Å². The third kappa shape index (κ3) is 1.90. The molecule has 0 aliphatic rings. The van der Waals surface area contributed by atoms with Crippen molar-refractivity contribution in [2.24, 2.45) is 0 Å². The van der Waals surface area contributed by atoms with E-state index in [9.17, 15) is 0 Å². The Labute approximate surface area is 101 Å². The first-order valence-corrected chi connectivity index (χ1v) is 5.57. The van der Waals surface area contributed by atoms with Crippen LogP contribution in [-0.2, 0) is 0 Å². The molecule has 0 aliphatic heterocycles. The van der Waals surface area contributed by atoms with Crippen LogP contribution in [0.4, 0.5) is 5.82 Å². The van der Waals surface area contributed by atoms with Gasteiger partial charge in [0.2, 0.25) is 0 Å². The van der Waals surface area contributed by atoms with E-state index in [1.165, 1.54) is 6.33 Å². The van der Waals surface area contributed by atoms with Crippen LogP contribution in [0, 0.1) is 0 Å². The highest BCUT2D eigenvalue weighted by atomic mass is 79.9. The first-order valence-electron chi connectivity index (χ1n) is 4.78. The summed E-state index contributed by atoms with van der Waals surface area (Å²) >= 11 is 3.38. The van der Waals surface area contributed by atoms with Crippen LogP contribution in [0.5, 0.6) is 0 Å². The molecule has 2 heterocycles. The third-order valence-corrected chi connectivity index (χ3v) is 2.89. The number of halogens is 1. The number of hydrogen-bond acceptors (Lipinski definition) is 5. The van der Waals surface area contributed by atoms with Crippen molar-refractivity contribution >= 4 is 21.7 Å². The maximum absolute atomic E-state index is 5.81. The van der Waals surface area contributed by atoms with Crippen LogP contribution in [0.3, 0.4) is 0 Å². The van der Waals surface area contributed by atoms with Crippen LogP contribution < -0.4 is 5.73 Å². The van der Waals surface area contributed by atoms with Gasteiger partial charge in [-0.3, -0.25) is 5.10 Å². The minimum Gasteiger partial charge on any atom is -0.383 e. The monoisotopic (exact) mass is 282 g/mol. The average molecular weight is 283 g/mol. The SMILES string of the molecule is CC(C)c1nc(-c2ncn[nH]2)nc(N)c1Br. The van der Waals surface area contributed by atoms with Crippen molar-refractivity contribution in [1.29, 1.82) is 0 Å². The van der Waals surface area contributed by atoms with Crippen molar-refractivity contribution in [3.05, 3.63) is 16.5 Å². The minimum atomic E-state index is 0.251. The highest BCUT2D eigenvalue weighted by molar-refractivity contribution is 9.10. The van der Waals surface area contributed by atoms with Gasteiger partial charge in [0.1, 0.15) is 12.1 Å². The van der Waals surface area contributed by atoms with Crippen LogP contribution in [-0.4, -0.2) is 25.1 Å². The lowest BCUT2D eigenvalue weighted by Crippen LogP contribution is -2.04. The van der Waals surface area contributed by atoms with Crippen LogP contribution in [0.25, 0.3) is 11.6 Å². The fraction of sp³-hybridized carbons (Fsp3) is 0.333. The molecule has 0 aliphatic carbocycles. The molecule has 0 aromatic carbocycles. The zero-order chi connectivity index (χ0) is 11.7. The molecule has 6 nitrogen and oxygen atoms in total. The molecule has 2 aromatic heterocycles. The minimum absolute atomic E-state index is 0.251. The van der Waals surface area contributed by atoms with Crippen molar-refractivity contribution in [3.8, 4) is 11.6 Å². The second-order valence-corrected chi connectivity index (χ2v) is 4.41. The number of nitrogens with two attached hydrogens (primary N) is 1. The maximum atomic E-state index is 5.81. The zero-order valence-corrected chi connectivity index (χ0v) is 10.5. The van der Waals surface area contributed by atoms with E-state index in [0.717, 1.165) is 10.2 Å². The molecule has 0 amide bonds. The molecular formula is C9H11BrN6. The third-order valence-electron chi connectivity index (χ3n) is 2.08. The van der Waals surface area contributed by atoms with Gasteiger partial charge in [-0.1, -0.05) is 13.8 Å². The number of H-pyrrole nitrogens is 1. The molecule has 0 saturated carbocycles. The van der Waals surface area contributed by atoms with E-state index in [1.54, 1.807) is 0 Å². The standard InChI is InChI=1S/C9H11BrN6/c1-4(2)6-5(10)7(11)15-9(14-6)8-12-3-13-16-8/h3-4H,1-2H3,(H2,11,14,15)(H,12,13,16). The molecule has 2 aromatic rings. The summed E-state index contributed by atoms with van der Waals surface area (Å²) in [5.74, 6) is 1.63. The zero-order valence-electron chi connectivity index (χ0n) is 8.90. The number of nitrogens with one attached hydrogen (secondary N) is 1. The van der Waals surface area contributed by atoms with Crippen molar-refractivity contribution in [2.45, 2.75) is 19.8 Å². The summed E-state index contributed by atoms with van der Waals surface area (Å²) in [5.41, 5.74) is 6.67. The number of nitrogen functional groups attached to an aromatic ring is 1. The lowest BCUT2D eigenvalue weighted by atomic mass is 10.1. The molecule has 0 radical (unpaired) electrons. The van der Waals surface area contributed by atoms with Gasteiger partial charge in [-0.25, -0.2) is 15.0 Å². The second-order valence-electron chi connectivity index (χ2n) is 3.62. The highest BCUT2D eigenvalue weighted by Crippen LogP contribution is 2.28. The predicted octanol–water partition coefficient (Wildman–Crippen LogP) is 1.73. The molecule has 16 heavy (non-hydrogen) atoms. The number of rotatable bonds is 2. The predicted molar refractivity (Wildman–Crippen MR) is 63.6 cm³/mol. The molecule has 0 spiro atoms. The van der Waals surface area contributed by atoms with Gasteiger partial charge >= 0.3 is 0 Å². The number of aromatic nitrogens is 5. The first kappa shape index (κ1) is 11.0. The summed E-state index contributed by atoms with van der Waals surface area (Å²) in [7, 11) is 0. The number of aromatic amines is 1. The number of nitrogens with zero attached hydrogens (tertiary/aromatic N) is 4. The van der Waals surface area contributed by atoms with E-state index in [1.807, 2.05) is 13.8 Å². The molecular weight excluding hydrogens is 272 g/mol. The van der Waals surface area contributed by atoms with E-state index in [-0.39, 0.29) is 5.92 Å². The molecule has 0 saturated heterocycles. The van der Waals surface area contributed by atoms with E-state index in [2.05, 4.69) is 41.1 Å². The maximum Gasteiger partial charge on any atom is 0.199 e. The average Bonchev–Trinajstić information content (AvgIpc) is 2.74. The summed E-state index contributed by atoms with van der Waals surface area (Å²) in [6.45, 7) is 4.08. The van der Waals surface area contributed by atoms with E-state index < -0.39 is 0 Å². The lowest BCUT2D eigenvalue weighted by molar-refractivity contribution is 0.809. The fourth-order valence-electron chi connectivity index (χ4n) is 1.28. The Morgan fingerprint density at radius 3 is 2.69 bits per heavy atom. The lowest BCUT2D eigenvalue weighted by Gasteiger charge is -2.10. The number of anilines is 1. The van der Waals surface area contributed by atoms with E-state index in [4.69, 9.17) is 5.73 Å². The Bertz CT molecular complexity index is 493. The second kappa shape index (κ2) is 4.17. The highest BCUT2D eigenvalue weighted by Gasteiger charge is 2.15.